The minimum absolute atomic E-state index is 0.738. The van der Waals surface area contributed by atoms with Gasteiger partial charge in [0.1, 0.15) is 0 Å². The Labute approximate surface area is 176 Å². The maximum atomic E-state index is 6.19. The van der Waals surface area contributed by atoms with E-state index in [0.717, 1.165) is 31.4 Å². The van der Waals surface area contributed by atoms with Crippen LogP contribution in [-0.4, -0.2) is 9.55 Å². The summed E-state index contributed by atoms with van der Waals surface area (Å²) >= 11 is 7.86. The first-order chi connectivity index (χ1) is 14.3. The number of hydrogen-bond acceptors (Lipinski definition) is 2. The molecule has 0 radical (unpaired) electrons. The molecular weight excluding hydrogens is 396 g/mol. The van der Waals surface area contributed by atoms with Gasteiger partial charge in [0.25, 0.3) is 0 Å². The van der Waals surface area contributed by atoms with Crippen LogP contribution in [0.25, 0.3) is 48.3 Å². The van der Waals surface area contributed by atoms with E-state index in [2.05, 4.69) is 71.3 Å². The summed E-state index contributed by atoms with van der Waals surface area (Å²) in [4.78, 5) is 4.90. The standard InChI is InChI=1S/C25H15ClN2S/c26-18-11-12-21-24(15-18)29-25(27-21)28-22-9-5-4-8-19(22)20-14-17(10-13-23(20)28)16-6-2-1-3-7-16/h1-15H. The molecule has 6 rings (SSSR count). The second-order valence-corrected chi connectivity index (χ2v) is 8.50. The highest BCUT2D eigenvalue weighted by molar-refractivity contribution is 7.20. The first kappa shape index (κ1) is 16.8. The zero-order valence-corrected chi connectivity index (χ0v) is 16.9. The van der Waals surface area contributed by atoms with Crippen LogP contribution >= 0.6 is 22.9 Å². The lowest BCUT2D eigenvalue weighted by Gasteiger charge is -2.04. The molecule has 0 N–H and O–H groups in total. The molecule has 6 aromatic rings. The van der Waals surface area contributed by atoms with Crippen LogP contribution < -0.4 is 0 Å². The summed E-state index contributed by atoms with van der Waals surface area (Å²) in [5.41, 5.74) is 5.74. The van der Waals surface area contributed by atoms with Crippen LogP contribution in [0.5, 0.6) is 0 Å². The van der Waals surface area contributed by atoms with Crippen LogP contribution in [0.4, 0.5) is 0 Å². The number of halogens is 1. The molecule has 0 bridgehead atoms. The molecule has 138 valence electrons. The van der Waals surface area contributed by atoms with Gasteiger partial charge in [-0.25, -0.2) is 4.98 Å². The number of hydrogen-bond donors (Lipinski definition) is 0. The van der Waals surface area contributed by atoms with E-state index in [1.807, 2.05) is 24.3 Å². The first-order valence-electron chi connectivity index (χ1n) is 9.43. The monoisotopic (exact) mass is 410 g/mol. The molecule has 2 nitrogen and oxygen atoms in total. The van der Waals surface area contributed by atoms with E-state index in [1.165, 1.54) is 21.9 Å². The number of para-hydroxylation sites is 1. The van der Waals surface area contributed by atoms with Crippen LogP contribution in [0.3, 0.4) is 0 Å². The van der Waals surface area contributed by atoms with E-state index in [-0.39, 0.29) is 0 Å². The smallest absolute Gasteiger partial charge is 0.195 e. The summed E-state index contributed by atoms with van der Waals surface area (Å²) in [5, 5.41) is 4.17. The van der Waals surface area contributed by atoms with Crippen molar-refractivity contribution in [3.63, 3.8) is 0 Å². The number of fused-ring (bicyclic) bond motifs is 4. The van der Waals surface area contributed by atoms with Crippen LogP contribution in [0.2, 0.25) is 5.02 Å². The Morgan fingerprint density at radius 3 is 2.38 bits per heavy atom. The van der Waals surface area contributed by atoms with E-state index in [0.29, 0.717) is 0 Å². The maximum Gasteiger partial charge on any atom is 0.195 e. The SMILES string of the molecule is Clc1ccc2nc(-n3c4ccccc4c4cc(-c5ccccc5)ccc43)sc2c1. The van der Waals surface area contributed by atoms with Gasteiger partial charge in [0.05, 0.1) is 21.3 Å². The van der Waals surface area contributed by atoms with Gasteiger partial charge in [0, 0.05) is 15.8 Å². The van der Waals surface area contributed by atoms with Crippen molar-refractivity contribution in [3.05, 3.63) is 96.0 Å². The van der Waals surface area contributed by atoms with E-state index < -0.39 is 0 Å². The van der Waals surface area contributed by atoms with E-state index in [4.69, 9.17) is 16.6 Å². The van der Waals surface area contributed by atoms with Gasteiger partial charge >= 0.3 is 0 Å². The fourth-order valence-corrected chi connectivity index (χ4v) is 5.24. The average Bonchev–Trinajstić information content (AvgIpc) is 3.32. The number of nitrogens with zero attached hydrogens (tertiary/aromatic N) is 2. The number of benzene rings is 4. The molecule has 2 aromatic heterocycles. The molecule has 0 aliphatic carbocycles. The molecule has 2 heterocycles. The van der Waals surface area contributed by atoms with Gasteiger partial charge in [-0.05, 0) is 47.5 Å². The van der Waals surface area contributed by atoms with Crippen molar-refractivity contribution in [3.8, 4) is 16.3 Å². The van der Waals surface area contributed by atoms with Gasteiger partial charge in [-0.15, -0.1) is 0 Å². The molecule has 29 heavy (non-hydrogen) atoms. The first-order valence-corrected chi connectivity index (χ1v) is 10.6. The van der Waals surface area contributed by atoms with Crippen LogP contribution in [-0.2, 0) is 0 Å². The van der Waals surface area contributed by atoms with Gasteiger partial charge in [-0.1, -0.05) is 77.5 Å². The van der Waals surface area contributed by atoms with Crippen molar-refractivity contribution in [1.29, 1.82) is 0 Å². The van der Waals surface area contributed by atoms with Crippen molar-refractivity contribution >= 4 is 55.0 Å². The Bertz CT molecular complexity index is 1510. The Hall–Kier alpha value is -3.14. The highest BCUT2D eigenvalue weighted by Gasteiger charge is 2.16. The van der Waals surface area contributed by atoms with Gasteiger partial charge in [-0.3, -0.25) is 4.57 Å². The van der Waals surface area contributed by atoms with E-state index >= 15 is 0 Å². The van der Waals surface area contributed by atoms with Crippen molar-refractivity contribution < 1.29 is 0 Å². The Kier molecular flexibility index (Phi) is 3.73. The summed E-state index contributed by atoms with van der Waals surface area (Å²) < 4.78 is 3.36. The van der Waals surface area contributed by atoms with Crippen molar-refractivity contribution in [2.45, 2.75) is 0 Å². The molecule has 0 saturated carbocycles. The number of rotatable bonds is 2. The normalized spacial score (nSPS) is 11.6. The third kappa shape index (κ3) is 2.66. The summed E-state index contributed by atoms with van der Waals surface area (Å²) in [6.07, 6.45) is 0. The molecule has 4 aromatic carbocycles. The molecule has 0 aliphatic heterocycles. The van der Waals surface area contributed by atoms with Crippen LogP contribution in [0.1, 0.15) is 0 Å². The second kappa shape index (κ2) is 6.45. The minimum atomic E-state index is 0.738. The molecule has 0 atom stereocenters. The van der Waals surface area contributed by atoms with Crippen molar-refractivity contribution in [2.75, 3.05) is 0 Å². The fraction of sp³-hybridized carbons (Fsp3) is 0. The zero-order chi connectivity index (χ0) is 19.4. The molecular formula is C25H15ClN2S. The Balaban J connectivity index is 1.66. The third-order valence-electron chi connectivity index (χ3n) is 5.31. The fourth-order valence-electron chi connectivity index (χ4n) is 3.97. The minimum Gasteiger partial charge on any atom is -0.285 e. The van der Waals surface area contributed by atoms with E-state index in [1.54, 1.807) is 11.3 Å². The Morgan fingerprint density at radius 2 is 1.48 bits per heavy atom. The van der Waals surface area contributed by atoms with Crippen molar-refractivity contribution in [1.82, 2.24) is 9.55 Å². The topological polar surface area (TPSA) is 17.8 Å². The van der Waals surface area contributed by atoms with Crippen LogP contribution in [0.15, 0.2) is 91.0 Å². The summed E-state index contributed by atoms with van der Waals surface area (Å²) in [6, 6.07) is 31.6. The molecule has 0 saturated heterocycles. The van der Waals surface area contributed by atoms with Gasteiger partial charge in [0.2, 0.25) is 0 Å². The predicted octanol–water partition coefficient (Wildman–Crippen LogP) is 7.71. The summed E-state index contributed by atoms with van der Waals surface area (Å²) in [6.45, 7) is 0. The van der Waals surface area contributed by atoms with E-state index in [9.17, 15) is 0 Å². The van der Waals surface area contributed by atoms with Crippen LogP contribution in [0, 0.1) is 0 Å². The number of aromatic nitrogens is 2. The molecule has 0 unspecified atom stereocenters. The predicted molar refractivity (Wildman–Crippen MR) is 124 cm³/mol. The molecule has 0 fully saturated rings. The lowest BCUT2D eigenvalue weighted by molar-refractivity contribution is 1.15. The van der Waals surface area contributed by atoms with Gasteiger partial charge in [-0.2, -0.15) is 0 Å². The molecule has 0 aliphatic rings. The highest BCUT2D eigenvalue weighted by atomic mass is 35.5. The maximum absolute atomic E-state index is 6.19. The van der Waals surface area contributed by atoms with Crippen molar-refractivity contribution in [2.24, 2.45) is 0 Å². The molecule has 0 amide bonds. The van der Waals surface area contributed by atoms with Gasteiger partial charge in [0.15, 0.2) is 5.13 Å². The average molecular weight is 411 g/mol. The number of thiazole rings is 1. The second-order valence-electron chi connectivity index (χ2n) is 7.06. The summed E-state index contributed by atoms with van der Waals surface area (Å²) in [7, 11) is 0. The third-order valence-corrected chi connectivity index (χ3v) is 6.55. The highest BCUT2D eigenvalue weighted by Crippen LogP contribution is 2.37. The summed E-state index contributed by atoms with van der Waals surface area (Å²) in [5.74, 6) is 0. The Morgan fingerprint density at radius 1 is 0.690 bits per heavy atom. The molecule has 4 heteroatoms. The van der Waals surface area contributed by atoms with Gasteiger partial charge < -0.3 is 0 Å². The zero-order valence-electron chi connectivity index (χ0n) is 15.3. The molecule has 0 spiro atoms. The largest absolute Gasteiger partial charge is 0.285 e. The quantitative estimate of drug-likeness (QED) is 0.285. The lowest BCUT2D eigenvalue weighted by atomic mass is 10.0. The lowest BCUT2D eigenvalue weighted by Crippen LogP contribution is -1.92.